The van der Waals surface area contributed by atoms with E-state index in [2.05, 4.69) is 0 Å². The molecule has 1 aliphatic rings. The van der Waals surface area contributed by atoms with E-state index in [1.807, 2.05) is 13.8 Å². The van der Waals surface area contributed by atoms with E-state index in [1.165, 1.54) is 11.2 Å². The molecule has 0 radical (unpaired) electrons. The van der Waals surface area contributed by atoms with Crippen LogP contribution in [-0.2, 0) is 4.79 Å². The number of amides is 2. The molecule has 6 nitrogen and oxygen atoms in total. The van der Waals surface area contributed by atoms with E-state index in [9.17, 15) is 14.7 Å². The van der Waals surface area contributed by atoms with Crippen LogP contribution >= 0.6 is 0 Å². The second-order valence-corrected chi connectivity index (χ2v) is 5.58. The second-order valence-electron chi connectivity index (χ2n) is 5.58. The Morgan fingerprint density at radius 2 is 2.20 bits per heavy atom. The summed E-state index contributed by atoms with van der Waals surface area (Å²) in [6.07, 6.45) is 2.31. The molecule has 1 aromatic heterocycles. The highest BCUT2D eigenvalue weighted by molar-refractivity contribution is 5.96. The summed E-state index contributed by atoms with van der Waals surface area (Å²) in [7, 11) is 0. The number of likely N-dealkylation sites (tertiary alicyclic amines) is 1. The number of aliphatic hydroxyl groups is 1. The van der Waals surface area contributed by atoms with Crippen LogP contribution < -0.4 is 5.73 Å². The Morgan fingerprint density at radius 1 is 1.50 bits per heavy atom. The van der Waals surface area contributed by atoms with Crippen LogP contribution in [0.15, 0.2) is 16.7 Å². The molecule has 1 aliphatic heterocycles. The first kappa shape index (κ1) is 14.6. The van der Waals surface area contributed by atoms with Crippen molar-refractivity contribution in [3.05, 3.63) is 23.7 Å². The lowest BCUT2D eigenvalue weighted by Gasteiger charge is -2.37. The molecule has 110 valence electrons. The fourth-order valence-corrected chi connectivity index (χ4v) is 2.53. The zero-order valence-corrected chi connectivity index (χ0v) is 11.8. The van der Waals surface area contributed by atoms with Crippen molar-refractivity contribution in [3.8, 4) is 0 Å². The van der Waals surface area contributed by atoms with Crippen molar-refractivity contribution < 1.29 is 19.1 Å². The minimum Gasteiger partial charge on any atom is -0.468 e. The van der Waals surface area contributed by atoms with Crippen molar-refractivity contribution in [2.24, 2.45) is 5.73 Å². The fraction of sp³-hybridized carbons (Fsp3) is 0.571. The maximum atomic E-state index is 12.5. The molecule has 2 amide bonds. The lowest BCUT2D eigenvalue weighted by atomic mass is 9.91. The summed E-state index contributed by atoms with van der Waals surface area (Å²) < 4.78 is 5.34. The minimum atomic E-state index is -1.63. The first-order chi connectivity index (χ1) is 9.35. The molecule has 1 saturated heterocycles. The van der Waals surface area contributed by atoms with E-state index in [0.717, 1.165) is 0 Å². The summed E-state index contributed by atoms with van der Waals surface area (Å²) >= 11 is 0. The van der Waals surface area contributed by atoms with Crippen LogP contribution in [0.1, 0.15) is 48.7 Å². The summed E-state index contributed by atoms with van der Waals surface area (Å²) in [6.45, 7) is 4.30. The van der Waals surface area contributed by atoms with Gasteiger partial charge in [-0.25, -0.2) is 0 Å². The molecule has 0 bridgehead atoms. The van der Waals surface area contributed by atoms with Crippen LogP contribution in [-0.4, -0.2) is 40.5 Å². The molecule has 0 spiro atoms. The highest BCUT2D eigenvalue weighted by atomic mass is 16.3. The van der Waals surface area contributed by atoms with Crippen molar-refractivity contribution in [2.45, 2.75) is 38.2 Å². The molecule has 0 aliphatic carbocycles. The standard InChI is InChI=1S/C14H20N2O4/c1-9(2)11-10(4-7-20-11)12(17)16-6-3-5-14(19,8-16)13(15)18/h4,7,9,19H,3,5-6,8H2,1-2H3,(H2,15,18). The lowest BCUT2D eigenvalue weighted by Crippen LogP contribution is -2.57. The molecule has 1 aromatic rings. The minimum absolute atomic E-state index is 0.0656. The molecule has 6 heteroatoms. The van der Waals surface area contributed by atoms with Gasteiger partial charge in [-0.1, -0.05) is 13.8 Å². The van der Waals surface area contributed by atoms with Gasteiger partial charge in [0.15, 0.2) is 5.60 Å². The van der Waals surface area contributed by atoms with Gasteiger partial charge in [0, 0.05) is 12.5 Å². The topological polar surface area (TPSA) is 96.8 Å². The Labute approximate surface area is 117 Å². The zero-order valence-electron chi connectivity index (χ0n) is 11.8. The molecular weight excluding hydrogens is 260 g/mol. The number of rotatable bonds is 3. The Bertz CT molecular complexity index is 523. The smallest absolute Gasteiger partial charge is 0.257 e. The highest BCUT2D eigenvalue weighted by Gasteiger charge is 2.40. The summed E-state index contributed by atoms with van der Waals surface area (Å²) in [5.41, 5.74) is 4.07. The van der Waals surface area contributed by atoms with Crippen LogP contribution in [0.3, 0.4) is 0 Å². The molecule has 1 fully saturated rings. The Kier molecular flexibility index (Phi) is 3.85. The van der Waals surface area contributed by atoms with Crippen LogP contribution in [0.2, 0.25) is 0 Å². The largest absolute Gasteiger partial charge is 0.468 e. The van der Waals surface area contributed by atoms with E-state index >= 15 is 0 Å². The van der Waals surface area contributed by atoms with E-state index in [1.54, 1.807) is 6.07 Å². The zero-order chi connectivity index (χ0) is 14.9. The normalized spacial score (nSPS) is 23.1. The van der Waals surface area contributed by atoms with Gasteiger partial charge >= 0.3 is 0 Å². The van der Waals surface area contributed by atoms with E-state index in [4.69, 9.17) is 10.2 Å². The molecule has 2 rings (SSSR count). The number of hydrogen-bond donors (Lipinski definition) is 2. The lowest BCUT2D eigenvalue weighted by molar-refractivity contribution is -0.140. The van der Waals surface area contributed by atoms with Crippen LogP contribution in [0, 0.1) is 0 Å². The Hall–Kier alpha value is -1.82. The van der Waals surface area contributed by atoms with Gasteiger partial charge < -0.3 is 20.2 Å². The third-order valence-corrected chi connectivity index (χ3v) is 3.67. The number of β-amino-alcohol motifs (C(OH)–C–C–N with tert-alkyl or cyclic N) is 1. The number of nitrogens with two attached hydrogens (primary N) is 1. The summed E-state index contributed by atoms with van der Waals surface area (Å²) in [5.74, 6) is -0.319. The number of nitrogens with zero attached hydrogens (tertiary/aromatic N) is 1. The number of primary amides is 1. The van der Waals surface area contributed by atoms with E-state index in [-0.39, 0.29) is 24.8 Å². The fourth-order valence-electron chi connectivity index (χ4n) is 2.53. The molecule has 1 atom stereocenters. The van der Waals surface area contributed by atoms with Crippen molar-refractivity contribution in [2.75, 3.05) is 13.1 Å². The number of carbonyl (C=O) groups excluding carboxylic acids is 2. The third-order valence-electron chi connectivity index (χ3n) is 3.67. The average molecular weight is 280 g/mol. The highest BCUT2D eigenvalue weighted by Crippen LogP contribution is 2.26. The van der Waals surface area contributed by atoms with Gasteiger partial charge in [-0.05, 0) is 18.9 Å². The quantitative estimate of drug-likeness (QED) is 0.858. The monoisotopic (exact) mass is 280 g/mol. The van der Waals surface area contributed by atoms with E-state index in [0.29, 0.717) is 24.3 Å². The summed E-state index contributed by atoms with van der Waals surface area (Å²) in [6, 6.07) is 1.62. The molecule has 3 N–H and O–H groups in total. The van der Waals surface area contributed by atoms with Gasteiger partial charge in [-0.15, -0.1) is 0 Å². The molecule has 1 unspecified atom stereocenters. The molecule has 2 heterocycles. The third kappa shape index (κ3) is 2.56. The molecule has 0 saturated carbocycles. The molecule has 20 heavy (non-hydrogen) atoms. The van der Waals surface area contributed by atoms with Gasteiger partial charge in [-0.3, -0.25) is 9.59 Å². The summed E-state index contributed by atoms with van der Waals surface area (Å²) in [5, 5.41) is 10.2. The Balaban J connectivity index is 2.21. The SMILES string of the molecule is CC(C)c1occc1C(=O)N1CCCC(O)(C(N)=O)C1. The number of carbonyl (C=O) groups is 2. The maximum Gasteiger partial charge on any atom is 0.257 e. The molecule has 0 aromatic carbocycles. The number of piperidine rings is 1. The number of hydrogen-bond acceptors (Lipinski definition) is 4. The number of furan rings is 1. The van der Waals surface area contributed by atoms with Crippen molar-refractivity contribution >= 4 is 11.8 Å². The van der Waals surface area contributed by atoms with Gasteiger partial charge in [0.2, 0.25) is 0 Å². The Morgan fingerprint density at radius 3 is 2.80 bits per heavy atom. The van der Waals surface area contributed by atoms with Crippen molar-refractivity contribution in [3.63, 3.8) is 0 Å². The predicted molar refractivity (Wildman–Crippen MR) is 72.1 cm³/mol. The predicted octanol–water partition coefficient (Wildman–Crippen LogP) is 0.855. The van der Waals surface area contributed by atoms with Gasteiger partial charge in [-0.2, -0.15) is 0 Å². The van der Waals surface area contributed by atoms with Crippen LogP contribution in [0.5, 0.6) is 0 Å². The average Bonchev–Trinajstić information content (AvgIpc) is 2.87. The first-order valence-corrected chi connectivity index (χ1v) is 6.74. The summed E-state index contributed by atoms with van der Waals surface area (Å²) in [4.78, 5) is 25.3. The van der Waals surface area contributed by atoms with Crippen LogP contribution in [0.4, 0.5) is 0 Å². The van der Waals surface area contributed by atoms with Gasteiger partial charge in [0.05, 0.1) is 18.4 Å². The van der Waals surface area contributed by atoms with Crippen molar-refractivity contribution in [1.82, 2.24) is 4.90 Å². The molecular formula is C14H20N2O4. The van der Waals surface area contributed by atoms with Crippen LogP contribution in [0.25, 0.3) is 0 Å². The van der Waals surface area contributed by atoms with Crippen molar-refractivity contribution in [1.29, 1.82) is 0 Å². The second kappa shape index (κ2) is 5.28. The van der Waals surface area contributed by atoms with Gasteiger partial charge in [0.1, 0.15) is 5.76 Å². The van der Waals surface area contributed by atoms with Gasteiger partial charge in [0.25, 0.3) is 11.8 Å². The van der Waals surface area contributed by atoms with E-state index < -0.39 is 11.5 Å². The first-order valence-electron chi connectivity index (χ1n) is 6.74. The maximum absolute atomic E-state index is 12.5.